The van der Waals surface area contributed by atoms with Crippen molar-refractivity contribution in [1.29, 1.82) is 5.26 Å². The molecule has 142 valence electrons. The van der Waals surface area contributed by atoms with Crippen LogP contribution in [0.4, 0.5) is 5.69 Å². The lowest BCUT2D eigenvalue weighted by Gasteiger charge is -2.11. The van der Waals surface area contributed by atoms with Crippen molar-refractivity contribution in [2.24, 2.45) is 0 Å². The van der Waals surface area contributed by atoms with Crippen molar-refractivity contribution in [3.8, 4) is 29.9 Å². The number of hydrogen-bond acceptors (Lipinski definition) is 4. The zero-order valence-electron chi connectivity index (χ0n) is 15.8. The Kier molecular flexibility index (Phi) is 7.26. The van der Waals surface area contributed by atoms with Gasteiger partial charge in [-0.2, -0.15) is 5.26 Å². The molecule has 0 saturated heterocycles. The molecule has 2 aromatic carbocycles. The Balaban J connectivity index is 2.32. The molecule has 0 aliphatic rings. The fourth-order valence-corrected chi connectivity index (χ4v) is 2.81. The van der Waals surface area contributed by atoms with E-state index in [0.29, 0.717) is 27.2 Å². The van der Waals surface area contributed by atoms with Crippen molar-refractivity contribution in [3.63, 3.8) is 0 Å². The van der Waals surface area contributed by atoms with Gasteiger partial charge in [-0.25, -0.2) is 0 Å². The Labute approximate surface area is 173 Å². The minimum atomic E-state index is -0.496. The summed E-state index contributed by atoms with van der Waals surface area (Å²) < 4.78 is 11.4. The Hall–Kier alpha value is -3.22. The lowest BCUT2D eigenvalue weighted by atomic mass is 10.1. The van der Waals surface area contributed by atoms with Crippen LogP contribution in [0.1, 0.15) is 16.7 Å². The average molecular weight is 439 g/mol. The van der Waals surface area contributed by atoms with E-state index in [9.17, 15) is 10.1 Å². The third-order valence-electron chi connectivity index (χ3n) is 4.02. The highest BCUT2D eigenvalue weighted by atomic mass is 79.9. The number of amides is 1. The molecule has 0 heterocycles. The van der Waals surface area contributed by atoms with Crippen molar-refractivity contribution < 1.29 is 14.3 Å². The number of carbonyl (C=O) groups excluding carboxylic acids is 1. The van der Waals surface area contributed by atoms with Crippen molar-refractivity contribution in [3.05, 3.63) is 57.1 Å². The first-order valence-corrected chi connectivity index (χ1v) is 9.13. The minimum absolute atomic E-state index is 0.0433. The number of terminal acetylenes is 1. The lowest BCUT2D eigenvalue weighted by molar-refractivity contribution is -0.112. The summed E-state index contributed by atoms with van der Waals surface area (Å²) in [7, 11) is 1.50. The standard InChI is InChI=1S/C22H19BrN2O3/c1-5-8-28-21-12-19(23)16(11-20(21)27-4)10-17(13-24)22(26)25-18-7-6-14(2)15(3)9-18/h1,6-7,9-12H,8H2,2-4H3,(H,25,26)/b17-10+. The molecule has 2 rings (SSSR count). The molecule has 1 amide bonds. The summed E-state index contributed by atoms with van der Waals surface area (Å²) in [5.41, 5.74) is 3.35. The van der Waals surface area contributed by atoms with Crippen LogP contribution in [-0.4, -0.2) is 19.6 Å². The van der Waals surface area contributed by atoms with Gasteiger partial charge in [-0.1, -0.05) is 27.9 Å². The van der Waals surface area contributed by atoms with Gasteiger partial charge in [0.25, 0.3) is 5.91 Å². The van der Waals surface area contributed by atoms with Gasteiger partial charge in [-0.15, -0.1) is 6.42 Å². The molecule has 0 spiro atoms. The third-order valence-corrected chi connectivity index (χ3v) is 4.71. The number of nitrogens with zero attached hydrogens (tertiary/aromatic N) is 1. The summed E-state index contributed by atoms with van der Waals surface area (Å²) >= 11 is 3.42. The molecular weight excluding hydrogens is 420 g/mol. The molecule has 5 nitrogen and oxygen atoms in total. The number of carbonyl (C=O) groups is 1. The first kappa shape index (κ1) is 21.1. The number of nitriles is 1. The number of hydrogen-bond donors (Lipinski definition) is 1. The molecule has 2 aromatic rings. The number of aryl methyl sites for hydroxylation is 2. The van der Waals surface area contributed by atoms with Gasteiger partial charge in [0.1, 0.15) is 18.2 Å². The van der Waals surface area contributed by atoms with Gasteiger partial charge in [-0.3, -0.25) is 4.79 Å². The molecule has 0 bridgehead atoms. The summed E-state index contributed by atoms with van der Waals surface area (Å²) in [4.78, 5) is 12.5. The first-order valence-electron chi connectivity index (χ1n) is 8.33. The van der Waals surface area contributed by atoms with Crippen molar-refractivity contribution in [1.82, 2.24) is 0 Å². The zero-order chi connectivity index (χ0) is 20.7. The first-order chi connectivity index (χ1) is 13.4. The summed E-state index contributed by atoms with van der Waals surface area (Å²) in [6.07, 6.45) is 6.70. The minimum Gasteiger partial charge on any atom is -0.493 e. The number of benzene rings is 2. The number of halogens is 1. The van der Waals surface area contributed by atoms with E-state index < -0.39 is 5.91 Å². The Morgan fingerprint density at radius 2 is 2.00 bits per heavy atom. The maximum absolute atomic E-state index is 12.5. The summed E-state index contributed by atoms with van der Waals surface area (Å²) in [5.74, 6) is 2.79. The molecule has 1 N–H and O–H groups in total. The molecule has 0 aliphatic carbocycles. The fourth-order valence-electron chi connectivity index (χ4n) is 2.37. The highest BCUT2D eigenvalue weighted by molar-refractivity contribution is 9.10. The van der Waals surface area contributed by atoms with E-state index in [-0.39, 0.29) is 12.2 Å². The van der Waals surface area contributed by atoms with Crippen molar-refractivity contribution in [2.45, 2.75) is 13.8 Å². The van der Waals surface area contributed by atoms with Crippen LogP contribution in [-0.2, 0) is 4.79 Å². The number of nitrogens with one attached hydrogen (secondary N) is 1. The Bertz CT molecular complexity index is 1010. The molecule has 0 unspecified atom stereocenters. The van der Waals surface area contributed by atoms with Gasteiger partial charge in [0.15, 0.2) is 11.5 Å². The van der Waals surface area contributed by atoms with Crippen molar-refractivity contribution >= 4 is 33.6 Å². The average Bonchev–Trinajstić information content (AvgIpc) is 2.68. The molecule has 0 atom stereocenters. The van der Waals surface area contributed by atoms with Crippen LogP contribution in [0.3, 0.4) is 0 Å². The van der Waals surface area contributed by atoms with E-state index in [4.69, 9.17) is 15.9 Å². The molecule has 0 fully saturated rings. The quantitative estimate of drug-likeness (QED) is 0.405. The van der Waals surface area contributed by atoms with Gasteiger partial charge in [-0.05, 0) is 60.9 Å². The Morgan fingerprint density at radius 1 is 1.25 bits per heavy atom. The van der Waals surface area contributed by atoms with E-state index in [1.807, 2.05) is 32.0 Å². The number of anilines is 1. The summed E-state index contributed by atoms with van der Waals surface area (Å²) in [6.45, 7) is 4.04. The normalized spacial score (nSPS) is 10.6. The van der Waals surface area contributed by atoms with Crippen LogP contribution in [0.2, 0.25) is 0 Å². The smallest absolute Gasteiger partial charge is 0.266 e. The highest BCUT2D eigenvalue weighted by Gasteiger charge is 2.14. The predicted molar refractivity (Wildman–Crippen MR) is 113 cm³/mol. The predicted octanol–water partition coefficient (Wildman–Crippen LogP) is 4.63. The van der Waals surface area contributed by atoms with Crippen LogP contribution in [0.25, 0.3) is 6.08 Å². The van der Waals surface area contributed by atoms with Gasteiger partial charge < -0.3 is 14.8 Å². The lowest BCUT2D eigenvalue weighted by Crippen LogP contribution is -2.13. The Morgan fingerprint density at radius 3 is 2.61 bits per heavy atom. The maximum atomic E-state index is 12.5. The van der Waals surface area contributed by atoms with Gasteiger partial charge in [0.05, 0.1) is 7.11 Å². The molecule has 0 radical (unpaired) electrons. The summed E-state index contributed by atoms with van der Waals surface area (Å²) in [5, 5.41) is 12.2. The van der Waals surface area contributed by atoms with Gasteiger partial charge in [0, 0.05) is 10.2 Å². The van der Waals surface area contributed by atoms with E-state index in [2.05, 4.69) is 27.2 Å². The molecule has 6 heteroatoms. The number of methoxy groups -OCH3 is 1. The van der Waals surface area contributed by atoms with Crippen LogP contribution in [0.15, 0.2) is 40.4 Å². The maximum Gasteiger partial charge on any atom is 0.266 e. The van der Waals surface area contributed by atoms with E-state index in [1.54, 1.807) is 18.2 Å². The van der Waals surface area contributed by atoms with Crippen molar-refractivity contribution in [2.75, 3.05) is 19.0 Å². The zero-order valence-corrected chi connectivity index (χ0v) is 17.4. The summed E-state index contributed by atoms with van der Waals surface area (Å²) in [6, 6.07) is 10.9. The molecule has 0 aliphatic heterocycles. The number of ether oxygens (including phenoxy) is 2. The topological polar surface area (TPSA) is 71.3 Å². The molecule has 28 heavy (non-hydrogen) atoms. The molecule has 0 saturated carbocycles. The highest BCUT2D eigenvalue weighted by Crippen LogP contribution is 2.34. The second-order valence-corrected chi connectivity index (χ2v) is 6.79. The second-order valence-electron chi connectivity index (χ2n) is 5.94. The van der Waals surface area contributed by atoms with Crippen LogP contribution >= 0.6 is 15.9 Å². The largest absolute Gasteiger partial charge is 0.493 e. The third kappa shape index (κ3) is 5.16. The SMILES string of the molecule is C#CCOc1cc(Br)c(/C=C(\C#N)C(=O)Nc2ccc(C)c(C)c2)cc1OC. The monoisotopic (exact) mass is 438 g/mol. The van der Waals surface area contributed by atoms with Gasteiger partial charge in [0.2, 0.25) is 0 Å². The van der Waals surface area contributed by atoms with E-state index in [1.165, 1.54) is 13.2 Å². The van der Waals surface area contributed by atoms with E-state index in [0.717, 1.165) is 11.1 Å². The van der Waals surface area contributed by atoms with Gasteiger partial charge >= 0.3 is 0 Å². The van der Waals surface area contributed by atoms with Crippen LogP contribution in [0.5, 0.6) is 11.5 Å². The molecule has 0 aromatic heterocycles. The number of rotatable bonds is 6. The fraction of sp³-hybridized carbons (Fsp3) is 0.182. The van der Waals surface area contributed by atoms with Crippen LogP contribution < -0.4 is 14.8 Å². The van der Waals surface area contributed by atoms with Crippen LogP contribution in [0, 0.1) is 37.5 Å². The second kappa shape index (κ2) is 9.64. The molecular formula is C22H19BrN2O3. The van der Waals surface area contributed by atoms with E-state index >= 15 is 0 Å².